The predicted molar refractivity (Wildman–Crippen MR) is 115 cm³/mol. The number of rotatable bonds is 2. The molecule has 32 heavy (non-hydrogen) atoms. The van der Waals surface area contributed by atoms with Gasteiger partial charge in [-0.25, -0.2) is 4.79 Å². The van der Waals surface area contributed by atoms with Crippen molar-refractivity contribution in [1.29, 1.82) is 0 Å². The third-order valence-electron chi connectivity index (χ3n) is 6.30. The Labute approximate surface area is 185 Å². The number of nitrogens with one attached hydrogen (secondary N) is 1. The van der Waals surface area contributed by atoms with Gasteiger partial charge in [0.05, 0.1) is 24.2 Å². The van der Waals surface area contributed by atoms with E-state index in [9.17, 15) is 34.5 Å². The summed E-state index contributed by atoms with van der Waals surface area (Å²) in [6, 6.07) is 2.75. The molecule has 1 amide bonds. The number of phenolic OH excluding ortho intramolecular Hbond substituents is 1. The quantitative estimate of drug-likeness (QED) is 0.391. The SMILES string of the molecule is COC(=O)Nc1ccc(O)c2c1CC1CC3CC(=O)C(C(C)=O)=C(O)C3C(=O)C1=C2O.O.[HH].[HH]. The van der Waals surface area contributed by atoms with E-state index in [1.54, 1.807) is 0 Å². The molecule has 10 heteroatoms. The zero-order chi connectivity index (χ0) is 22.6. The molecule has 4 rings (SSSR count). The second kappa shape index (κ2) is 8.12. The maximum atomic E-state index is 13.3. The van der Waals surface area contributed by atoms with Crippen LogP contribution in [-0.2, 0) is 25.5 Å². The molecule has 10 nitrogen and oxygen atoms in total. The van der Waals surface area contributed by atoms with Gasteiger partial charge < -0.3 is 25.5 Å². The van der Waals surface area contributed by atoms with E-state index in [2.05, 4.69) is 10.1 Å². The highest BCUT2D eigenvalue weighted by atomic mass is 16.5. The standard InChI is InChI=1S/C22H21NO8.H2O.2H2/c1-8(24)15-14(26)7-10-5-9-6-11-12(23-22(30)31-2)3-4-13(25)18(11)21(29)16(9)20(28)17(10)19(15)27;;;/h3-4,9-10,17,25,27,29H,5-7H2,1-2H3,(H,23,30);1H2;2*1H. The number of carbonyl (C=O) groups is 4. The van der Waals surface area contributed by atoms with Gasteiger partial charge in [0.2, 0.25) is 0 Å². The van der Waals surface area contributed by atoms with E-state index < -0.39 is 52.7 Å². The average Bonchev–Trinajstić information content (AvgIpc) is 2.68. The summed E-state index contributed by atoms with van der Waals surface area (Å²) in [7, 11) is 1.20. The first kappa shape index (κ1) is 23.0. The van der Waals surface area contributed by atoms with Crippen LogP contribution in [0.5, 0.6) is 5.75 Å². The minimum Gasteiger partial charge on any atom is -0.511 e. The Bertz CT molecular complexity index is 1130. The number of allylic oxidation sites excluding steroid dienone is 3. The van der Waals surface area contributed by atoms with Crippen LogP contribution < -0.4 is 5.32 Å². The Hall–Kier alpha value is -3.66. The number of anilines is 1. The summed E-state index contributed by atoms with van der Waals surface area (Å²) < 4.78 is 4.61. The van der Waals surface area contributed by atoms with E-state index >= 15 is 0 Å². The number of amides is 1. The lowest BCUT2D eigenvalue weighted by Gasteiger charge is -2.41. The fourth-order valence-electron chi connectivity index (χ4n) is 5.03. The number of Topliss-reactive ketones (excluding diaryl/α,β-unsaturated/α-hetero) is 3. The molecule has 6 N–H and O–H groups in total. The molecule has 0 aliphatic heterocycles. The van der Waals surface area contributed by atoms with Gasteiger partial charge in [-0.3, -0.25) is 19.7 Å². The Kier molecular flexibility index (Phi) is 5.84. The Morgan fingerprint density at radius 1 is 1.16 bits per heavy atom. The predicted octanol–water partition coefficient (Wildman–Crippen LogP) is 2.26. The van der Waals surface area contributed by atoms with Crippen molar-refractivity contribution in [1.82, 2.24) is 0 Å². The number of fused-ring (bicyclic) bond motifs is 3. The Balaban J connectivity index is 0.00000193. The molecule has 1 fully saturated rings. The van der Waals surface area contributed by atoms with Crippen LogP contribution in [0.25, 0.3) is 5.76 Å². The third kappa shape index (κ3) is 3.32. The summed E-state index contributed by atoms with van der Waals surface area (Å²) in [5, 5.41) is 34.4. The fourth-order valence-corrected chi connectivity index (χ4v) is 5.03. The maximum absolute atomic E-state index is 13.3. The van der Waals surface area contributed by atoms with Crippen LogP contribution in [0.15, 0.2) is 29.0 Å². The highest BCUT2D eigenvalue weighted by Gasteiger charge is 2.50. The van der Waals surface area contributed by atoms with E-state index in [1.807, 2.05) is 0 Å². The number of methoxy groups -OCH3 is 1. The summed E-state index contributed by atoms with van der Waals surface area (Å²) in [6.07, 6.45) is -0.258. The number of carbonyl (C=O) groups excluding carboxylic acids is 4. The van der Waals surface area contributed by atoms with Gasteiger partial charge in [0.15, 0.2) is 17.3 Å². The van der Waals surface area contributed by atoms with Crippen LogP contribution in [0.1, 0.15) is 33.7 Å². The molecule has 0 saturated heterocycles. The van der Waals surface area contributed by atoms with Crippen LogP contribution in [-0.4, -0.2) is 51.3 Å². The number of aliphatic hydroxyl groups excluding tert-OH is 2. The van der Waals surface area contributed by atoms with Crippen LogP contribution in [0.2, 0.25) is 0 Å². The number of hydrogen-bond donors (Lipinski definition) is 4. The first-order valence-electron chi connectivity index (χ1n) is 9.80. The van der Waals surface area contributed by atoms with E-state index in [0.29, 0.717) is 17.7 Å². The summed E-state index contributed by atoms with van der Waals surface area (Å²) in [6.45, 7) is 1.15. The highest BCUT2D eigenvalue weighted by Crippen LogP contribution is 2.51. The lowest BCUT2D eigenvalue weighted by atomic mass is 9.61. The molecule has 1 saturated carbocycles. The van der Waals surface area contributed by atoms with Gasteiger partial charge in [-0.1, -0.05) is 0 Å². The second-order valence-electron chi connectivity index (χ2n) is 8.05. The average molecular weight is 449 g/mol. The Morgan fingerprint density at radius 3 is 2.47 bits per heavy atom. The third-order valence-corrected chi connectivity index (χ3v) is 6.30. The monoisotopic (exact) mass is 449 g/mol. The van der Waals surface area contributed by atoms with Gasteiger partial charge in [-0.2, -0.15) is 0 Å². The normalized spacial score (nSPS) is 24.1. The van der Waals surface area contributed by atoms with Crippen molar-refractivity contribution >= 4 is 34.9 Å². The zero-order valence-electron chi connectivity index (χ0n) is 17.4. The van der Waals surface area contributed by atoms with E-state index in [-0.39, 0.29) is 43.6 Å². The number of ether oxygens (including phenoxy) is 1. The number of ketones is 3. The van der Waals surface area contributed by atoms with Crippen molar-refractivity contribution in [3.63, 3.8) is 0 Å². The van der Waals surface area contributed by atoms with Crippen LogP contribution >= 0.6 is 0 Å². The van der Waals surface area contributed by atoms with Crippen molar-refractivity contribution in [2.75, 3.05) is 12.4 Å². The molecular weight excluding hydrogens is 422 g/mol. The first-order valence-corrected chi connectivity index (χ1v) is 9.80. The van der Waals surface area contributed by atoms with Crippen molar-refractivity contribution in [2.24, 2.45) is 17.8 Å². The van der Waals surface area contributed by atoms with Crippen molar-refractivity contribution < 1.29 is 47.6 Å². The summed E-state index contributed by atoms with van der Waals surface area (Å²) in [5.74, 6) is -5.03. The number of benzene rings is 1. The Morgan fingerprint density at radius 2 is 1.84 bits per heavy atom. The lowest BCUT2D eigenvalue weighted by Crippen LogP contribution is -2.43. The molecule has 3 unspecified atom stereocenters. The number of hydrogen-bond acceptors (Lipinski definition) is 8. The van der Waals surface area contributed by atoms with Crippen LogP contribution in [0, 0.1) is 17.8 Å². The van der Waals surface area contributed by atoms with Crippen molar-refractivity contribution in [2.45, 2.75) is 26.2 Å². The van der Waals surface area contributed by atoms with Gasteiger partial charge in [0.25, 0.3) is 0 Å². The smallest absolute Gasteiger partial charge is 0.411 e. The first-order chi connectivity index (χ1) is 14.6. The van der Waals surface area contributed by atoms with E-state index in [4.69, 9.17) is 0 Å². The van der Waals surface area contributed by atoms with Crippen molar-refractivity contribution in [3.05, 3.63) is 40.2 Å². The molecule has 1 aromatic rings. The van der Waals surface area contributed by atoms with Gasteiger partial charge in [0, 0.05) is 20.5 Å². The van der Waals surface area contributed by atoms with Gasteiger partial charge in [-0.15, -0.1) is 0 Å². The summed E-state index contributed by atoms with van der Waals surface area (Å²) >= 11 is 0. The zero-order valence-corrected chi connectivity index (χ0v) is 17.4. The molecule has 3 atom stereocenters. The maximum Gasteiger partial charge on any atom is 0.411 e. The number of phenols is 1. The summed E-state index contributed by atoms with van der Waals surface area (Å²) in [4.78, 5) is 49.2. The molecule has 0 heterocycles. The van der Waals surface area contributed by atoms with Crippen molar-refractivity contribution in [3.8, 4) is 5.75 Å². The second-order valence-corrected chi connectivity index (χ2v) is 8.05. The molecule has 0 radical (unpaired) electrons. The molecule has 0 aromatic heterocycles. The molecular formula is C22H27NO9. The minimum absolute atomic E-state index is 0. The minimum atomic E-state index is -1.09. The van der Waals surface area contributed by atoms with E-state index in [0.717, 1.165) is 6.92 Å². The molecule has 1 aromatic carbocycles. The molecule has 3 aliphatic carbocycles. The highest BCUT2D eigenvalue weighted by molar-refractivity contribution is 6.22. The van der Waals surface area contributed by atoms with Crippen LogP contribution in [0.3, 0.4) is 0 Å². The molecule has 3 aliphatic rings. The van der Waals surface area contributed by atoms with Gasteiger partial charge in [0.1, 0.15) is 17.3 Å². The molecule has 0 bridgehead atoms. The number of aromatic hydroxyl groups is 1. The number of aliphatic hydroxyl groups is 2. The van der Waals surface area contributed by atoms with Gasteiger partial charge in [-0.05, 0) is 49.3 Å². The van der Waals surface area contributed by atoms with Crippen LogP contribution in [0.4, 0.5) is 10.5 Å². The van der Waals surface area contributed by atoms with E-state index in [1.165, 1.54) is 19.2 Å². The molecule has 0 spiro atoms. The lowest BCUT2D eigenvalue weighted by molar-refractivity contribution is -0.127. The fraction of sp³-hybridized carbons (Fsp3) is 0.364. The van der Waals surface area contributed by atoms with Gasteiger partial charge >= 0.3 is 6.09 Å². The molecule has 174 valence electrons. The summed E-state index contributed by atoms with van der Waals surface area (Å²) in [5.41, 5.74) is 0.462. The topological polar surface area (TPSA) is 182 Å². The largest absolute Gasteiger partial charge is 0.511 e.